The monoisotopic (exact) mass is 364 g/mol. The lowest BCUT2D eigenvalue weighted by Gasteiger charge is -2.13. The third kappa shape index (κ3) is 4.26. The lowest BCUT2D eigenvalue weighted by molar-refractivity contribution is -0.144. The Kier molecular flexibility index (Phi) is 5.71. The molecule has 0 N–H and O–H groups in total. The SMILES string of the molecule is C=CCOC(=O)COc1cc2oc(=O)cc(-c3ccccc3)c2cc1CC. The van der Waals surface area contributed by atoms with E-state index in [1.165, 1.54) is 12.1 Å². The highest BCUT2D eigenvalue weighted by atomic mass is 16.6. The molecule has 0 bridgehead atoms. The predicted molar refractivity (Wildman–Crippen MR) is 104 cm³/mol. The molecule has 0 spiro atoms. The van der Waals surface area contributed by atoms with Crippen molar-refractivity contribution in [2.75, 3.05) is 13.2 Å². The topological polar surface area (TPSA) is 65.7 Å². The number of hydrogen-bond acceptors (Lipinski definition) is 5. The van der Waals surface area contributed by atoms with E-state index in [4.69, 9.17) is 13.9 Å². The number of hydrogen-bond donors (Lipinski definition) is 0. The van der Waals surface area contributed by atoms with Crippen molar-refractivity contribution in [3.8, 4) is 16.9 Å². The summed E-state index contributed by atoms with van der Waals surface area (Å²) in [6.07, 6.45) is 2.19. The molecule has 0 aliphatic rings. The van der Waals surface area contributed by atoms with Crippen LogP contribution in [0.15, 0.2) is 70.4 Å². The number of aryl methyl sites for hydroxylation is 1. The molecule has 0 saturated heterocycles. The van der Waals surface area contributed by atoms with Gasteiger partial charge >= 0.3 is 11.6 Å². The summed E-state index contributed by atoms with van der Waals surface area (Å²) < 4.78 is 15.9. The molecule has 5 nitrogen and oxygen atoms in total. The fourth-order valence-corrected chi connectivity index (χ4v) is 2.83. The highest BCUT2D eigenvalue weighted by Gasteiger charge is 2.14. The second-order valence-corrected chi connectivity index (χ2v) is 5.92. The standard InChI is InChI=1S/C22H20O5/c1-3-10-25-22(24)14-26-19-13-20-18(11-15(19)4-2)17(12-21(23)27-20)16-8-6-5-7-9-16/h3,5-9,11-13H,1,4,10,14H2,2H3. The number of carbonyl (C=O) groups is 1. The van der Waals surface area contributed by atoms with E-state index in [1.807, 2.05) is 43.3 Å². The number of fused-ring (bicyclic) bond motifs is 1. The Morgan fingerprint density at radius 2 is 1.96 bits per heavy atom. The zero-order valence-electron chi connectivity index (χ0n) is 15.1. The molecule has 1 heterocycles. The van der Waals surface area contributed by atoms with Crippen molar-refractivity contribution in [2.24, 2.45) is 0 Å². The Morgan fingerprint density at radius 3 is 2.67 bits per heavy atom. The van der Waals surface area contributed by atoms with Crippen molar-refractivity contribution in [1.29, 1.82) is 0 Å². The third-order valence-electron chi connectivity index (χ3n) is 4.10. The second kappa shape index (κ2) is 8.36. The summed E-state index contributed by atoms with van der Waals surface area (Å²) in [6, 6.07) is 14.7. The van der Waals surface area contributed by atoms with Crippen molar-refractivity contribution in [1.82, 2.24) is 0 Å². The molecule has 1 aromatic heterocycles. The quantitative estimate of drug-likeness (QED) is 0.358. The van der Waals surface area contributed by atoms with Crippen LogP contribution in [0.2, 0.25) is 0 Å². The largest absolute Gasteiger partial charge is 0.481 e. The minimum atomic E-state index is -0.489. The van der Waals surface area contributed by atoms with Gasteiger partial charge in [0.2, 0.25) is 0 Å². The molecule has 5 heteroatoms. The van der Waals surface area contributed by atoms with Crippen LogP contribution >= 0.6 is 0 Å². The second-order valence-electron chi connectivity index (χ2n) is 5.92. The van der Waals surface area contributed by atoms with E-state index in [0.29, 0.717) is 17.8 Å². The Balaban J connectivity index is 2.02. The smallest absolute Gasteiger partial charge is 0.344 e. The van der Waals surface area contributed by atoms with Gasteiger partial charge in [0.1, 0.15) is 17.9 Å². The molecule has 0 unspecified atom stereocenters. The summed E-state index contributed by atoms with van der Waals surface area (Å²) in [5.74, 6) is 0.00505. The number of esters is 1. The fraction of sp³-hybridized carbons (Fsp3) is 0.182. The summed E-state index contributed by atoms with van der Waals surface area (Å²) >= 11 is 0. The average molecular weight is 364 g/mol. The van der Waals surface area contributed by atoms with Crippen LogP contribution in [0.1, 0.15) is 12.5 Å². The van der Waals surface area contributed by atoms with Crippen LogP contribution in [0.3, 0.4) is 0 Å². The van der Waals surface area contributed by atoms with Crippen LogP contribution in [0, 0.1) is 0 Å². The fourth-order valence-electron chi connectivity index (χ4n) is 2.83. The van der Waals surface area contributed by atoms with Gasteiger partial charge in [-0.3, -0.25) is 0 Å². The van der Waals surface area contributed by atoms with Gasteiger partial charge in [-0.15, -0.1) is 0 Å². The normalized spacial score (nSPS) is 10.6. The number of benzene rings is 2. The van der Waals surface area contributed by atoms with Gasteiger partial charge in [-0.25, -0.2) is 9.59 Å². The zero-order chi connectivity index (χ0) is 19.2. The van der Waals surface area contributed by atoms with Gasteiger partial charge in [0.25, 0.3) is 0 Å². The average Bonchev–Trinajstić information content (AvgIpc) is 2.70. The van der Waals surface area contributed by atoms with Gasteiger partial charge in [-0.1, -0.05) is 49.9 Å². The zero-order valence-corrected chi connectivity index (χ0v) is 15.1. The molecule has 0 amide bonds. The molecule has 0 aliphatic heterocycles. The maximum atomic E-state index is 12.0. The van der Waals surface area contributed by atoms with Gasteiger partial charge in [-0.2, -0.15) is 0 Å². The molecule has 0 atom stereocenters. The van der Waals surface area contributed by atoms with E-state index >= 15 is 0 Å². The number of rotatable bonds is 7. The maximum absolute atomic E-state index is 12.0. The maximum Gasteiger partial charge on any atom is 0.344 e. The summed E-state index contributed by atoms with van der Waals surface area (Å²) in [5, 5.41) is 0.819. The van der Waals surface area contributed by atoms with Crippen LogP contribution in [0.4, 0.5) is 0 Å². The molecule has 3 rings (SSSR count). The van der Waals surface area contributed by atoms with E-state index in [-0.39, 0.29) is 13.2 Å². The van der Waals surface area contributed by atoms with Crippen molar-refractivity contribution >= 4 is 16.9 Å². The first kappa shape index (κ1) is 18.5. The van der Waals surface area contributed by atoms with E-state index in [2.05, 4.69) is 6.58 Å². The number of ether oxygens (including phenoxy) is 2. The minimum absolute atomic E-state index is 0.135. The van der Waals surface area contributed by atoms with Crippen LogP contribution in [-0.2, 0) is 16.0 Å². The number of carbonyl (C=O) groups excluding carboxylic acids is 1. The molecule has 138 valence electrons. The molecule has 27 heavy (non-hydrogen) atoms. The van der Waals surface area contributed by atoms with Gasteiger partial charge in [-0.05, 0) is 29.2 Å². The Bertz CT molecular complexity index is 1020. The lowest BCUT2D eigenvalue weighted by atomic mass is 9.99. The first-order valence-corrected chi connectivity index (χ1v) is 8.68. The van der Waals surface area contributed by atoms with Crippen LogP contribution in [0.25, 0.3) is 22.1 Å². The summed E-state index contributed by atoms with van der Waals surface area (Å²) in [7, 11) is 0. The summed E-state index contributed by atoms with van der Waals surface area (Å²) in [4.78, 5) is 23.7. The first-order valence-electron chi connectivity index (χ1n) is 8.68. The third-order valence-corrected chi connectivity index (χ3v) is 4.10. The molecule has 0 saturated carbocycles. The highest BCUT2D eigenvalue weighted by molar-refractivity contribution is 5.94. The first-order chi connectivity index (χ1) is 13.1. The lowest BCUT2D eigenvalue weighted by Crippen LogP contribution is -2.15. The molecule has 0 fully saturated rings. The van der Waals surface area contributed by atoms with Crippen molar-refractivity contribution in [3.63, 3.8) is 0 Å². The van der Waals surface area contributed by atoms with Crippen LogP contribution in [0.5, 0.6) is 5.75 Å². The Hall–Kier alpha value is -3.34. The van der Waals surface area contributed by atoms with E-state index in [0.717, 1.165) is 22.1 Å². The molecule has 3 aromatic rings. The van der Waals surface area contributed by atoms with Crippen LogP contribution in [-0.4, -0.2) is 19.2 Å². The van der Waals surface area contributed by atoms with Crippen molar-refractivity contribution in [2.45, 2.75) is 13.3 Å². The molecule has 0 aliphatic carbocycles. The minimum Gasteiger partial charge on any atom is -0.481 e. The molecular formula is C22H20O5. The van der Waals surface area contributed by atoms with Crippen molar-refractivity contribution in [3.05, 3.63) is 77.2 Å². The van der Waals surface area contributed by atoms with E-state index in [1.54, 1.807) is 6.07 Å². The summed E-state index contributed by atoms with van der Waals surface area (Å²) in [6.45, 7) is 5.39. The van der Waals surface area contributed by atoms with E-state index in [9.17, 15) is 9.59 Å². The van der Waals surface area contributed by atoms with Gasteiger partial charge in [0.15, 0.2) is 6.61 Å². The molecule has 2 aromatic carbocycles. The van der Waals surface area contributed by atoms with Gasteiger partial charge in [0.05, 0.1) is 0 Å². The molecule has 0 radical (unpaired) electrons. The van der Waals surface area contributed by atoms with Crippen molar-refractivity contribution < 1.29 is 18.7 Å². The van der Waals surface area contributed by atoms with Gasteiger partial charge in [0, 0.05) is 17.5 Å². The van der Waals surface area contributed by atoms with E-state index < -0.39 is 11.6 Å². The molecular weight excluding hydrogens is 344 g/mol. The predicted octanol–water partition coefficient (Wildman–Crippen LogP) is 4.13. The Morgan fingerprint density at radius 1 is 1.19 bits per heavy atom. The summed E-state index contributed by atoms with van der Waals surface area (Å²) in [5.41, 5.74) is 2.60. The highest BCUT2D eigenvalue weighted by Crippen LogP contribution is 2.32. The Labute approximate surface area is 156 Å². The van der Waals surface area contributed by atoms with Crippen LogP contribution < -0.4 is 10.4 Å². The van der Waals surface area contributed by atoms with Gasteiger partial charge < -0.3 is 13.9 Å².